The van der Waals surface area contributed by atoms with Crippen LogP contribution in [-0.2, 0) is 27.5 Å². The molecule has 5 aromatic carbocycles. The molecule has 0 bridgehead atoms. The van der Waals surface area contributed by atoms with Crippen LogP contribution in [0.3, 0.4) is 0 Å². The van der Waals surface area contributed by atoms with Gasteiger partial charge in [0.25, 0.3) is 11.4 Å². The van der Waals surface area contributed by atoms with Gasteiger partial charge in [0.1, 0.15) is 42.0 Å². The van der Waals surface area contributed by atoms with Gasteiger partial charge in [-0.1, -0.05) is 54.4 Å². The van der Waals surface area contributed by atoms with Gasteiger partial charge in [-0.2, -0.15) is 0 Å². The fourth-order valence-electron chi connectivity index (χ4n) is 10.5. The molecule has 6 atom stereocenters. The van der Waals surface area contributed by atoms with E-state index in [-0.39, 0.29) is 62.6 Å². The Labute approximate surface area is 427 Å². The van der Waals surface area contributed by atoms with Gasteiger partial charge in [0.2, 0.25) is 11.7 Å². The number of carbonyl (C=O) groups is 2. The number of rotatable bonds is 24. The number of unbranched alkanes of at least 4 members (excludes halogenated alkanes) is 2. The largest absolute Gasteiger partial charge is 0.459 e. The second-order valence-corrected chi connectivity index (χ2v) is 18.5. The summed E-state index contributed by atoms with van der Waals surface area (Å²) in [6, 6.07) is 28.8. The van der Waals surface area contributed by atoms with Crippen LogP contribution in [0.1, 0.15) is 83.5 Å². The number of nitro groups is 2. The monoisotopic (exact) mass is 1010 g/mol. The number of aldehydes is 1. The summed E-state index contributed by atoms with van der Waals surface area (Å²) in [4.78, 5) is 56.7. The van der Waals surface area contributed by atoms with Gasteiger partial charge in [-0.25, -0.2) is 4.39 Å². The molecule has 1 fully saturated rings. The molecule has 0 radical (unpaired) electrons. The van der Waals surface area contributed by atoms with Crippen molar-refractivity contribution in [3.63, 3.8) is 0 Å². The van der Waals surface area contributed by atoms with Crippen LogP contribution < -0.4 is 9.47 Å². The smallest absolute Gasteiger partial charge is 0.269 e. The number of allylic oxidation sites excluding steroid dienone is 1. The number of carbonyl (C=O) groups excluding carboxylic acids is 2. The van der Waals surface area contributed by atoms with E-state index in [0.717, 1.165) is 17.4 Å². The molecule has 0 aromatic heterocycles. The second-order valence-electron chi connectivity index (χ2n) is 18.5. The number of aliphatic hydroxyl groups is 2. The number of amides is 1. The summed E-state index contributed by atoms with van der Waals surface area (Å²) in [5.41, 5.74) is 3.96. The number of hydrogen-bond acceptors (Lipinski definition) is 13. The summed E-state index contributed by atoms with van der Waals surface area (Å²) in [5, 5.41) is 47.9. The highest BCUT2D eigenvalue weighted by Gasteiger charge is 2.65. The Hall–Kier alpha value is -7.86. The molecule has 1 heterocycles. The van der Waals surface area contributed by atoms with E-state index in [2.05, 4.69) is 12.7 Å². The van der Waals surface area contributed by atoms with Crippen molar-refractivity contribution >= 4 is 35.4 Å². The number of halogens is 1. The Morgan fingerprint density at radius 3 is 2.20 bits per heavy atom. The molecule has 384 valence electrons. The quantitative estimate of drug-likeness (QED) is 0.0148. The number of oxime groups is 1. The zero-order valence-corrected chi connectivity index (χ0v) is 40.6. The van der Waals surface area contributed by atoms with Crippen molar-refractivity contribution in [2.24, 2.45) is 22.9 Å². The topological polar surface area (TPSA) is 213 Å². The molecule has 0 spiro atoms. The van der Waals surface area contributed by atoms with Crippen LogP contribution in [0.4, 0.5) is 15.8 Å². The fourth-order valence-corrected chi connectivity index (χ4v) is 10.5. The number of fused-ring (bicyclic) bond motifs is 2. The molecule has 8 rings (SSSR count). The van der Waals surface area contributed by atoms with Crippen molar-refractivity contribution in [3.8, 4) is 17.2 Å². The third kappa shape index (κ3) is 12.0. The van der Waals surface area contributed by atoms with E-state index in [4.69, 9.17) is 24.2 Å². The van der Waals surface area contributed by atoms with Crippen molar-refractivity contribution in [2.45, 2.75) is 75.8 Å². The van der Waals surface area contributed by atoms with Gasteiger partial charge in [0.15, 0.2) is 0 Å². The molecule has 3 aliphatic rings. The molecule has 0 saturated heterocycles. The van der Waals surface area contributed by atoms with E-state index in [0.29, 0.717) is 83.7 Å². The summed E-state index contributed by atoms with van der Waals surface area (Å²) in [6.45, 7) is 3.86. The van der Waals surface area contributed by atoms with Crippen LogP contribution in [-0.4, -0.2) is 74.5 Å². The minimum atomic E-state index is -1.68. The lowest BCUT2D eigenvalue weighted by atomic mass is 9.55. The highest BCUT2D eigenvalue weighted by Crippen LogP contribution is 2.62. The summed E-state index contributed by atoms with van der Waals surface area (Å²) in [7, 11) is 0. The number of aliphatic hydroxyl groups excluding tert-OH is 2. The van der Waals surface area contributed by atoms with Crippen LogP contribution in [0.15, 0.2) is 151 Å². The minimum absolute atomic E-state index is 0.00685. The lowest BCUT2D eigenvalue weighted by molar-refractivity contribution is -0.385. The maximum Gasteiger partial charge on any atom is 0.269 e. The van der Waals surface area contributed by atoms with Gasteiger partial charge in [-0.15, -0.1) is 6.58 Å². The molecule has 6 unspecified atom stereocenters. The number of nitro benzene ring substituents is 2. The Kier molecular flexibility index (Phi) is 17.2. The Balaban J connectivity index is 1.34. The predicted molar refractivity (Wildman–Crippen MR) is 274 cm³/mol. The molecular weight excluding hydrogens is 952 g/mol. The molecule has 16 nitrogen and oxygen atoms in total. The van der Waals surface area contributed by atoms with Crippen LogP contribution in [0.2, 0.25) is 0 Å². The van der Waals surface area contributed by atoms with Crippen molar-refractivity contribution in [1.82, 2.24) is 4.90 Å². The first-order chi connectivity index (χ1) is 35.9. The van der Waals surface area contributed by atoms with E-state index >= 15 is 4.79 Å². The normalized spacial score (nSPS) is 21.1. The number of ether oxygens (including phenoxy) is 3. The summed E-state index contributed by atoms with van der Waals surface area (Å²) < 4.78 is 35.5. The van der Waals surface area contributed by atoms with Crippen molar-refractivity contribution < 1.29 is 53.1 Å². The van der Waals surface area contributed by atoms with E-state index in [9.17, 15) is 39.6 Å². The van der Waals surface area contributed by atoms with E-state index in [1.54, 1.807) is 71.6 Å². The van der Waals surface area contributed by atoms with Crippen molar-refractivity contribution in [3.05, 3.63) is 200 Å². The second kappa shape index (κ2) is 24.2. The van der Waals surface area contributed by atoms with Gasteiger partial charge in [0.05, 0.1) is 28.1 Å². The van der Waals surface area contributed by atoms with Gasteiger partial charge < -0.3 is 34.2 Å². The van der Waals surface area contributed by atoms with Crippen molar-refractivity contribution in [1.29, 1.82) is 0 Å². The highest BCUT2D eigenvalue weighted by atomic mass is 19.1. The zero-order valence-electron chi connectivity index (χ0n) is 40.6. The highest BCUT2D eigenvalue weighted by molar-refractivity contribution is 6.03. The maximum absolute atomic E-state index is 15.2. The van der Waals surface area contributed by atoms with Crippen LogP contribution >= 0.6 is 0 Å². The molecule has 2 aliphatic carbocycles. The molecule has 1 amide bonds. The van der Waals surface area contributed by atoms with Gasteiger partial charge in [-0.05, 0) is 133 Å². The van der Waals surface area contributed by atoms with Gasteiger partial charge in [0, 0.05) is 73.6 Å². The lowest BCUT2D eigenvalue weighted by Gasteiger charge is -2.60. The first-order valence-corrected chi connectivity index (χ1v) is 24.6. The van der Waals surface area contributed by atoms with Crippen LogP contribution in [0, 0.1) is 43.8 Å². The van der Waals surface area contributed by atoms with Crippen LogP contribution in [0.5, 0.6) is 17.2 Å². The lowest BCUT2D eigenvalue weighted by Crippen LogP contribution is -2.70. The summed E-state index contributed by atoms with van der Waals surface area (Å²) in [6.07, 6.45) is 11.3. The standard InChI is InChI=1S/C57H57FN4O12/c1-2-30-71-57-53(60(35-39-12-19-43(58)20-13-39)54(66)27-18-38-14-21-44(22-15-38)61(67)68)34-51(59-72-37-40-16-23-45(24-17-40)62(69)70)49-32-42(9-3-5-28-63)48(11-4-6-29-64)55(56(49)57)50-33-47(25-26-52(50)74-57)73-46-10-7-8-41(31-46)36-65/h2,7-8,10,12-27,31-33,36,42,48,53,55-56,63-64H,1,3-6,9,11,28-30,34-35,37H2. The maximum atomic E-state index is 15.2. The molecule has 17 heteroatoms. The first kappa shape index (κ1) is 52.5. The predicted octanol–water partition coefficient (Wildman–Crippen LogP) is 10.8. The number of nitrogens with zero attached hydrogens (tertiary/aromatic N) is 4. The molecule has 5 aromatic rings. The fraction of sp³-hybridized carbons (Fsp3) is 0.316. The van der Waals surface area contributed by atoms with E-state index in [1.807, 2.05) is 12.1 Å². The SMILES string of the molecule is C=CCOC12Oc3ccc(Oc4cccc(C=O)c4)cc3C3C(CCCCO)C(CCCCO)C=C(C(=NOCc4ccc([N+](=O)[O-])cc4)CC1N(Cc1ccc(F)cc1)C(=O)C=Cc1ccc([N+](=O)[O-])cc1)C32. The third-order valence-corrected chi connectivity index (χ3v) is 13.9. The Bertz CT molecular complexity index is 2910. The minimum Gasteiger partial charge on any atom is -0.459 e. The van der Waals surface area contributed by atoms with E-state index < -0.39 is 45.2 Å². The molecule has 1 saturated carbocycles. The van der Waals surface area contributed by atoms with Gasteiger partial charge >= 0.3 is 0 Å². The Morgan fingerprint density at radius 2 is 1.53 bits per heavy atom. The molecule has 1 aliphatic heterocycles. The van der Waals surface area contributed by atoms with E-state index in [1.165, 1.54) is 54.6 Å². The van der Waals surface area contributed by atoms with Crippen LogP contribution in [0.25, 0.3) is 6.08 Å². The molecule has 74 heavy (non-hydrogen) atoms. The zero-order chi connectivity index (χ0) is 52.2. The molecular formula is C57H57FN4O12. The average molecular weight is 1010 g/mol. The summed E-state index contributed by atoms with van der Waals surface area (Å²) in [5.74, 6) is -2.69. The van der Waals surface area contributed by atoms with Gasteiger partial charge in [-0.3, -0.25) is 29.8 Å². The number of hydrogen-bond donors (Lipinski definition) is 2. The average Bonchev–Trinajstić information content (AvgIpc) is 3.41. The van der Waals surface area contributed by atoms with Crippen molar-refractivity contribution in [2.75, 3.05) is 19.8 Å². The number of non-ortho nitro benzene ring substituents is 2. The molecule has 2 N–H and O–H groups in total. The first-order valence-electron chi connectivity index (χ1n) is 24.6. The third-order valence-electron chi connectivity index (χ3n) is 13.9. The number of benzene rings is 5. The summed E-state index contributed by atoms with van der Waals surface area (Å²) >= 11 is 0. The Morgan fingerprint density at radius 1 is 0.851 bits per heavy atom.